The maximum absolute atomic E-state index is 13.9. The summed E-state index contributed by atoms with van der Waals surface area (Å²) in [6.45, 7) is 4.36. The van der Waals surface area contributed by atoms with Crippen molar-refractivity contribution in [2.45, 2.75) is 33.4 Å². The van der Waals surface area contributed by atoms with Crippen molar-refractivity contribution in [2.24, 2.45) is 5.92 Å². The first-order valence-corrected chi connectivity index (χ1v) is 12.6. The predicted octanol–water partition coefficient (Wildman–Crippen LogP) is 4.34. The molecule has 198 valence electrons. The molecule has 4 rings (SSSR count). The van der Waals surface area contributed by atoms with E-state index in [1.807, 2.05) is 56.3 Å². The summed E-state index contributed by atoms with van der Waals surface area (Å²) in [6, 6.07) is 16.9. The van der Waals surface area contributed by atoms with Crippen LogP contribution in [-0.2, 0) is 13.1 Å². The number of aromatic nitrogens is 2. The van der Waals surface area contributed by atoms with Gasteiger partial charge in [-0.2, -0.15) is 0 Å². The fraction of sp³-hybridized carbons (Fsp3) is 0.300. The van der Waals surface area contributed by atoms with E-state index in [1.54, 1.807) is 32.5 Å². The number of methoxy groups -OCH3 is 2. The van der Waals surface area contributed by atoms with E-state index < -0.39 is 0 Å². The highest BCUT2D eigenvalue weighted by atomic mass is 16.5. The Bertz CT molecular complexity index is 1470. The average Bonchev–Trinajstić information content (AvgIpc) is 2.95. The number of carbonyl (C=O) groups excluding carboxylic acids is 1. The summed E-state index contributed by atoms with van der Waals surface area (Å²) in [5.74, 6) is 0.799. The summed E-state index contributed by atoms with van der Waals surface area (Å²) in [5.41, 5.74) is 3.55. The molecule has 1 atom stereocenters. The number of amides is 1. The molecule has 2 heterocycles. The molecule has 0 fully saturated rings. The number of carbonyl (C=O) groups is 1. The zero-order valence-corrected chi connectivity index (χ0v) is 22.2. The van der Waals surface area contributed by atoms with Gasteiger partial charge in [-0.3, -0.25) is 14.6 Å². The van der Waals surface area contributed by atoms with E-state index in [1.165, 1.54) is 4.57 Å². The number of fused-ring (bicyclic) bond motifs is 1. The lowest BCUT2D eigenvalue weighted by molar-refractivity contribution is 0.0940. The van der Waals surface area contributed by atoms with Crippen molar-refractivity contribution in [1.82, 2.24) is 14.9 Å². The number of hydrogen-bond donors (Lipinski definition) is 2. The van der Waals surface area contributed by atoms with Crippen LogP contribution in [-0.4, -0.2) is 41.4 Å². The summed E-state index contributed by atoms with van der Waals surface area (Å²) in [4.78, 5) is 32.0. The first-order chi connectivity index (χ1) is 18.4. The van der Waals surface area contributed by atoms with Crippen molar-refractivity contribution >= 4 is 16.8 Å². The summed E-state index contributed by atoms with van der Waals surface area (Å²) in [6.07, 6.45) is 2.11. The smallest absolute Gasteiger partial charge is 0.277 e. The summed E-state index contributed by atoms with van der Waals surface area (Å²) >= 11 is 0. The quantitative estimate of drug-likeness (QED) is 0.326. The van der Waals surface area contributed by atoms with Crippen LogP contribution in [0, 0.1) is 12.8 Å². The maximum Gasteiger partial charge on any atom is 0.277 e. The van der Waals surface area contributed by atoms with Crippen molar-refractivity contribution in [3.05, 3.63) is 88.0 Å². The van der Waals surface area contributed by atoms with E-state index in [-0.39, 0.29) is 42.8 Å². The van der Waals surface area contributed by atoms with E-state index in [4.69, 9.17) is 9.47 Å². The molecule has 0 aliphatic carbocycles. The Kier molecular flexibility index (Phi) is 8.43. The van der Waals surface area contributed by atoms with E-state index in [0.29, 0.717) is 34.4 Å². The standard InChI is InChI=1S/C30H33N3O5/c1-19-7-9-22(10-8-19)26-25-6-5-12-31-27(25)30(36)33(13-11-20(2)18-34)28(26)29(35)32-17-21-14-23(37-3)16-24(15-21)38-4/h5-10,12,14-16,20,34H,11,13,17-18H2,1-4H3,(H,32,35)/t20-/m1/s1. The molecule has 8 heteroatoms. The van der Waals surface area contributed by atoms with Crippen LogP contribution in [0.5, 0.6) is 11.5 Å². The van der Waals surface area contributed by atoms with Gasteiger partial charge in [0.2, 0.25) is 0 Å². The molecule has 0 aliphatic heterocycles. The summed E-state index contributed by atoms with van der Waals surface area (Å²) in [5, 5.41) is 13.2. The minimum absolute atomic E-state index is 0.00932. The van der Waals surface area contributed by atoms with Gasteiger partial charge in [-0.25, -0.2) is 0 Å². The first-order valence-electron chi connectivity index (χ1n) is 12.6. The highest BCUT2D eigenvalue weighted by molar-refractivity contribution is 6.07. The lowest BCUT2D eigenvalue weighted by atomic mass is 9.97. The second kappa shape index (κ2) is 11.9. The molecule has 2 aromatic carbocycles. The number of rotatable bonds is 10. The third-order valence-corrected chi connectivity index (χ3v) is 6.61. The average molecular weight is 516 g/mol. The number of aryl methyl sites for hydroxylation is 1. The predicted molar refractivity (Wildman–Crippen MR) is 148 cm³/mol. The van der Waals surface area contributed by atoms with Gasteiger partial charge in [-0.1, -0.05) is 42.8 Å². The second-order valence-corrected chi connectivity index (χ2v) is 9.43. The fourth-order valence-corrected chi connectivity index (χ4v) is 4.41. The van der Waals surface area contributed by atoms with Gasteiger partial charge in [0.15, 0.2) is 0 Å². The number of hydrogen-bond acceptors (Lipinski definition) is 6. The van der Waals surface area contributed by atoms with Gasteiger partial charge >= 0.3 is 0 Å². The molecular formula is C30H33N3O5. The Morgan fingerprint density at radius 1 is 1.08 bits per heavy atom. The van der Waals surface area contributed by atoms with Crippen LogP contribution in [0.3, 0.4) is 0 Å². The van der Waals surface area contributed by atoms with Crippen molar-refractivity contribution in [3.8, 4) is 22.6 Å². The van der Waals surface area contributed by atoms with Gasteiger partial charge in [0.25, 0.3) is 11.5 Å². The Balaban J connectivity index is 1.86. The third kappa shape index (κ3) is 5.70. The molecule has 2 aromatic heterocycles. The van der Waals surface area contributed by atoms with Crippen molar-refractivity contribution in [1.29, 1.82) is 0 Å². The number of nitrogens with zero attached hydrogens (tertiary/aromatic N) is 2. The van der Waals surface area contributed by atoms with Gasteiger partial charge in [-0.05, 0) is 48.6 Å². The van der Waals surface area contributed by atoms with Gasteiger partial charge in [0, 0.05) is 42.9 Å². The largest absolute Gasteiger partial charge is 0.497 e. The number of benzene rings is 2. The third-order valence-electron chi connectivity index (χ3n) is 6.61. The van der Waals surface area contributed by atoms with Crippen LogP contribution in [0.15, 0.2) is 65.6 Å². The van der Waals surface area contributed by atoms with Crippen molar-refractivity contribution in [2.75, 3.05) is 20.8 Å². The van der Waals surface area contributed by atoms with Gasteiger partial charge in [0.05, 0.1) is 14.2 Å². The molecule has 8 nitrogen and oxygen atoms in total. The normalized spacial score (nSPS) is 11.8. The van der Waals surface area contributed by atoms with E-state index >= 15 is 0 Å². The minimum atomic E-state index is -0.387. The lowest BCUT2D eigenvalue weighted by Crippen LogP contribution is -2.34. The molecule has 0 unspecified atom stereocenters. The number of aliphatic hydroxyl groups is 1. The van der Waals surface area contributed by atoms with Gasteiger partial charge in [-0.15, -0.1) is 0 Å². The Morgan fingerprint density at radius 3 is 2.39 bits per heavy atom. The highest BCUT2D eigenvalue weighted by Gasteiger charge is 2.24. The fourth-order valence-electron chi connectivity index (χ4n) is 4.41. The molecule has 4 aromatic rings. The van der Waals surface area contributed by atoms with Gasteiger partial charge in [0.1, 0.15) is 22.7 Å². The molecule has 1 amide bonds. The van der Waals surface area contributed by atoms with Crippen molar-refractivity contribution < 1.29 is 19.4 Å². The zero-order valence-electron chi connectivity index (χ0n) is 22.2. The molecule has 0 saturated heterocycles. The first kappa shape index (κ1) is 26.9. The molecule has 0 spiro atoms. The number of pyridine rings is 2. The van der Waals surface area contributed by atoms with E-state index in [0.717, 1.165) is 16.7 Å². The second-order valence-electron chi connectivity index (χ2n) is 9.43. The Morgan fingerprint density at radius 2 is 1.76 bits per heavy atom. The van der Waals surface area contributed by atoms with Gasteiger partial charge < -0.3 is 24.5 Å². The SMILES string of the molecule is COc1cc(CNC(=O)c2c(-c3ccc(C)cc3)c3cccnc3c(=O)n2CC[C@@H](C)CO)cc(OC)c1. The molecule has 0 bridgehead atoms. The van der Waals surface area contributed by atoms with E-state index in [2.05, 4.69) is 10.3 Å². The molecule has 0 aliphatic rings. The van der Waals surface area contributed by atoms with Crippen LogP contribution in [0.2, 0.25) is 0 Å². The Hall–Kier alpha value is -4.17. The highest BCUT2D eigenvalue weighted by Crippen LogP contribution is 2.31. The van der Waals surface area contributed by atoms with Crippen LogP contribution in [0.1, 0.15) is 35.0 Å². The lowest BCUT2D eigenvalue weighted by Gasteiger charge is -2.20. The molecule has 2 N–H and O–H groups in total. The Labute approximate surface area is 221 Å². The summed E-state index contributed by atoms with van der Waals surface area (Å²) in [7, 11) is 3.14. The molecule has 0 radical (unpaired) electrons. The van der Waals surface area contributed by atoms with E-state index in [9.17, 15) is 14.7 Å². The zero-order chi connectivity index (χ0) is 27.2. The monoisotopic (exact) mass is 515 g/mol. The number of nitrogens with one attached hydrogen (secondary N) is 1. The van der Waals surface area contributed by atoms with Crippen LogP contribution >= 0.6 is 0 Å². The minimum Gasteiger partial charge on any atom is -0.497 e. The number of aliphatic hydroxyl groups excluding tert-OH is 1. The van der Waals surface area contributed by atoms with Crippen molar-refractivity contribution in [3.63, 3.8) is 0 Å². The molecule has 38 heavy (non-hydrogen) atoms. The van der Waals surface area contributed by atoms with Crippen LogP contribution < -0.4 is 20.3 Å². The maximum atomic E-state index is 13.9. The van der Waals surface area contributed by atoms with Crippen LogP contribution in [0.25, 0.3) is 22.0 Å². The molecule has 0 saturated carbocycles. The molecular weight excluding hydrogens is 482 g/mol. The van der Waals surface area contributed by atoms with Crippen LogP contribution in [0.4, 0.5) is 0 Å². The topological polar surface area (TPSA) is 103 Å². The summed E-state index contributed by atoms with van der Waals surface area (Å²) < 4.78 is 12.2. The number of ether oxygens (including phenoxy) is 2.